The molecule has 0 bridgehead atoms. The number of hydrogen-bond donors (Lipinski definition) is 2. The van der Waals surface area contributed by atoms with Gasteiger partial charge in [0.1, 0.15) is 0 Å². The molecule has 0 heterocycles. The van der Waals surface area contributed by atoms with Crippen LogP contribution in [0.2, 0.25) is 0 Å². The summed E-state index contributed by atoms with van der Waals surface area (Å²) in [6.45, 7) is 4.04. The van der Waals surface area contributed by atoms with E-state index in [-0.39, 0.29) is 12.2 Å². The van der Waals surface area contributed by atoms with Gasteiger partial charge in [0.25, 0.3) is 0 Å². The zero-order chi connectivity index (χ0) is 14.3. The maximum atomic E-state index is 9.71. The van der Waals surface area contributed by atoms with Gasteiger partial charge in [0.05, 0.1) is 12.2 Å². The van der Waals surface area contributed by atoms with Crippen molar-refractivity contribution in [2.24, 2.45) is 0 Å². The molecule has 0 fully saturated rings. The fourth-order valence-corrected chi connectivity index (χ4v) is 2.45. The van der Waals surface area contributed by atoms with Crippen LogP contribution in [0.15, 0.2) is 0 Å². The molecule has 0 amide bonds. The third-order valence-electron chi connectivity index (χ3n) is 3.81. The molecule has 0 rings (SSSR count). The molecule has 0 saturated carbocycles. The Morgan fingerprint density at radius 3 is 1.58 bits per heavy atom. The third-order valence-corrected chi connectivity index (χ3v) is 3.81. The second-order valence-corrected chi connectivity index (χ2v) is 6.05. The summed E-state index contributed by atoms with van der Waals surface area (Å²) in [5.74, 6) is 0. The van der Waals surface area contributed by atoms with E-state index in [1.54, 1.807) is 6.92 Å². The fraction of sp³-hybridized carbons (Fsp3) is 1.00. The minimum atomic E-state index is -0.276. The number of aliphatic hydroxyl groups excluding tert-OH is 2. The van der Waals surface area contributed by atoms with E-state index in [1.165, 1.54) is 57.8 Å². The summed E-state index contributed by atoms with van der Waals surface area (Å²) < 4.78 is 0. The normalized spacial score (nSPS) is 14.5. The van der Waals surface area contributed by atoms with E-state index >= 15 is 0 Å². The molecule has 2 nitrogen and oxygen atoms in total. The lowest BCUT2D eigenvalue weighted by atomic mass is 10.0. The first-order valence-corrected chi connectivity index (χ1v) is 8.53. The molecule has 19 heavy (non-hydrogen) atoms. The van der Waals surface area contributed by atoms with Crippen molar-refractivity contribution >= 4 is 0 Å². The van der Waals surface area contributed by atoms with Crippen molar-refractivity contribution in [1.29, 1.82) is 0 Å². The summed E-state index contributed by atoms with van der Waals surface area (Å²) in [7, 11) is 0. The molecular weight excluding hydrogens is 236 g/mol. The molecule has 0 aliphatic heterocycles. The van der Waals surface area contributed by atoms with Crippen molar-refractivity contribution in [3.8, 4) is 0 Å². The Bertz CT molecular complexity index is 169. The average molecular weight is 272 g/mol. The zero-order valence-corrected chi connectivity index (χ0v) is 13.2. The minimum absolute atomic E-state index is 0.205. The second-order valence-electron chi connectivity index (χ2n) is 6.05. The first-order valence-electron chi connectivity index (χ1n) is 8.53. The molecule has 0 aromatic rings. The molecule has 0 saturated heterocycles. The van der Waals surface area contributed by atoms with Crippen molar-refractivity contribution in [3.63, 3.8) is 0 Å². The standard InChI is InChI=1S/C17H36O2/c1-3-4-5-6-7-8-9-10-11-12-13-17(19)15-14-16(2)18/h16-19H,3-15H2,1-2H3/t16-,17-/m1/s1. The Labute approximate surface area is 120 Å². The molecule has 0 aromatic carbocycles. The molecule has 0 aromatic heterocycles. The predicted octanol–water partition coefficient (Wildman–Crippen LogP) is 4.82. The van der Waals surface area contributed by atoms with Crippen molar-refractivity contribution in [3.05, 3.63) is 0 Å². The molecule has 2 heteroatoms. The number of aliphatic hydroxyl groups is 2. The van der Waals surface area contributed by atoms with Crippen LogP contribution in [0.4, 0.5) is 0 Å². The summed E-state index contributed by atoms with van der Waals surface area (Å²) in [5.41, 5.74) is 0. The Hall–Kier alpha value is -0.0800. The summed E-state index contributed by atoms with van der Waals surface area (Å²) in [6, 6.07) is 0. The molecular formula is C17H36O2. The first kappa shape index (κ1) is 18.9. The van der Waals surface area contributed by atoms with E-state index < -0.39 is 0 Å². The van der Waals surface area contributed by atoms with Gasteiger partial charge in [-0.3, -0.25) is 0 Å². The van der Waals surface area contributed by atoms with Gasteiger partial charge in [0, 0.05) is 0 Å². The highest BCUT2D eigenvalue weighted by Gasteiger charge is 2.05. The van der Waals surface area contributed by atoms with Crippen molar-refractivity contribution in [2.45, 2.75) is 110 Å². The van der Waals surface area contributed by atoms with Crippen LogP contribution in [-0.2, 0) is 0 Å². The van der Waals surface area contributed by atoms with Gasteiger partial charge in [-0.15, -0.1) is 0 Å². The largest absolute Gasteiger partial charge is 0.393 e. The number of unbranched alkanes of at least 4 members (excludes halogenated alkanes) is 9. The van der Waals surface area contributed by atoms with Crippen LogP contribution in [0, 0.1) is 0 Å². The van der Waals surface area contributed by atoms with Crippen LogP contribution in [-0.4, -0.2) is 22.4 Å². The smallest absolute Gasteiger partial charge is 0.0541 e. The highest BCUT2D eigenvalue weighted by molar-refractivity contribution is 4.59. The van der Waals surface area contributed by atoms with Crippen LogP contribution >= 0.6 is 0 Å². The van der Waals surface area contributed by atoms with E-state index in [0.717, 1.165) is 25.7 Å². The molecule has 0 radical (unpaired) electrons. The van der Waals surface area contributed by atoms with E-state index in [4.69, 9.17) is 5.11 Å². The van der Waals surface area contributed by atoms with E-state index in [1.807, 2.05) is 0 Å². The molecule has 2 atom stereocenters. The van der Waals surface area contributed by atoms with Gasteiger partial charge in [-0.25, -0.2) is 0 Å². The van der Waals surface area contributed by atoms with Gasteiger partial charge in [-0.1, -0.05) is 71.1 Å². The van der Waals surface area contributed by atoms with Crippen LogP contribution in [0.1, 0.15) is 97.3 Å². The molecule has 2 N–H and O–H groups in total. The quantitative estimate of drug-likeness (QED) is 0.445. The second kappa shape index (κ2) is 14.3. The zero-order valence-electron chi connectivity index (χ0n) is 13.2. The van der Waals surface area contributed by atoms with E-state index in [9.17, 15) is 5.11 Å². The maximum absolute atomic E-state index is 9.71. The Balaban J connectivity index is 3.09. The van der Waals surface area contributed by atoms with Crippen molar-refractivity contribution < 1.29 is 10.2 Å². The van der Waals surface area contributed by atoms with Crippen LogP contribution in [0.25, 0.3) is 0 Å². The molecule has 0 spiro atoms. The topological polar surface area (TPSA) is 40.5 Å². The highest BCUT2D eigenvalue weighted by Crippen LogP contribution is 2.13. The summed E-state index contributed by atoms with van der Waals surface area (Å²) in [6.07, 6.45) is 15.3. The number of hydrogen-bond acceptors (Lipinski definition) is 2. The van der Waals surface area contributed by atoms with Gasteiger partial charge in [-0.05, 0) is 26.2 Å². The Morgan fingerprint density at radius 1 is 0.632 bits per heavy atom. The fourth-order valence-electron chi connectivity index (χ4n) is 2.45. The van der Waals surface area contributed by atoms with Gasteiger partial charge < -0.3 is 10.2 Å². The van der Waals surface area contributed by atoms with Gasteiger partial charge in [0.2, 0.25) is 0 Å². The minimum Gasteiger partial charge on any atom is -0.393 e. The van der Waals surface area contributed by atoms with Crippen LogP contribution in [0.3, 0.4) is 0 Å². The van der Waals surface area contributed by atoms with Gasteiger partial charge in [-0.2, -0.15) is 0 Å². The molecule has 0 aliphatic carbocycles. The van der Waals surface area contributed by atoms with Crippen molar-refractivity contribution in [1.82, 2.24) is 0 Å². The maximum Gasteiger partial charge on any atom is 0.0541 e. The van der Waals surface area contributed by atoms with E-state index in [2.05, 4.69) is 6.92 Å². The van der Waals surface area contributed by atoms with E-state index in [0.29, 0.717) is 0 Å². The van der Waals surface area contributed by atoms with Gasteiger partial charge in [0.15, 0.2) is 0 Å². The Kier molecular flexibility index (Phi) is 14.3. The molecule has 116 valence electrons. The lowest BCUT2D eigenvalue weighted by molar-refractivity contribution is 0.114. The lowest BCUT2D eigenvalue weighted by Gasteiger charge is -2.11. The average Bonchev–Trinajstić information content (AvgIpc) is 2.38. The summed E-state index contributed by atoms with van der Waals surface area (Å²) in [5, 5.41) is 18.8. The lowest BCUT2D eigenvalue weighted by Crippen LogP contribution is -2.10. The first-order chi connectivity index (χ1) is 9.16. The summed E-state index contributed by atoms with van der Waals surface area (Å²) in [4.78, 5) is 0. The SMILES string of the molecule is CCCCCCCCCCCC[C@@H](O)CC[C@@H](C)O. The molecule has 0 aliphatic rings. The Morgan fingerprint density at radius 2 is 1.11 bits per heavy atom. The molecule has 0 unspecified atom stereocenters. The monoisotopic (exact) mass is 272 g/mol. The van der Waals surface area contributed by atoms with Gasteiger partial charge >= 0.3 is 0 Å². The highest BCUT2D eigenvalue weighted by atomic mass is 16.3. The predicted molar refractivity (Wildman–Crippen MR) is 83.4 cm³/mol. The number of rotatable bonds is 14. The van der Waals surface area contributed by atoms with Crippen LogP contribution < -0.4 is 0 Å². The summed E-state index contributed by atoms with van der Waals surface area (Å²) >= 11 is 0. The van der Waals surface area contributed by atoms with Crippen molar-refractivity contribution in [2.75, 3.05) is 0 Å². The third kappa shape index (κ3) is 15.9. The van der Waals surface area contributed by atoms with Crippen LogP contribution in [0.5, 0.6) is 0 Å².